The molecular formula is C13H11ClFNO. The third-order valence-corrected chi connectivity index (χ3v) is 2.70. The lowest BCUT2D eigenvalue weighted by molar-refractivity contribution is 0.194. The number of hydrogen-bond donors (Lipinski definition) is 1. The molecule has 4 heteroatoms. The molecule has 0 fully saturated rings. The Morgan fingerprint density at radius 1 is 1.29 bits per heavy atom. The largest absolute Gasteiger partial charge is 0.387 e. The number of halogens is 2. The van der Waals surface area contributed by atoms with Crippen molar-refractivity contribution in [3.63, 3.8) is 0 Å². The van der Waals surface area contributed by atoms with E-state index in [9.17, 15) is 9.50 Å². The van der Waals surface area contributed by atoms with Gasteiger partial charge in [-0.2, -0.15) is 0 Å². The molecule has 0 amide bonds. The van der Waals surface area contributed by atoms with E-state index in [0.29, 0.717) is 11.4 Å². The van der Waals surface area contributed by atoms with Gasteiger partial charge in [0, 0.05) is 5.56 Å². The molecule has 2 aromatic rings. The van der Waals surface area contributed by atoms with Gasteiger partial charge in [-0.15, -0.1) is 0 Å². The van der Waals surface area contributed by atoms with E-state index in [0.717, 1.165) is 5.56 Å². The van der Waals surface area contributed by atoms with Gasteiger partial charge in [0.15, 0.2) is 0 Å². The lowest BCUT2D eigenvalue weighted by Crippen LogP contribution is -1.96. The standard InChI is InChI=1S/C13H11ClFNO/c1-8(17)12-3-2-4-13(16-12)9-5-6-11(15)10(14)7-9/h2-8,17H,1H3/t8-/m1/s1. The van der Waals surface area contributed by atoms with Crippen molar-refractivity contribution in [1.82, 2.24) is 4.98 Å². The highest BCUT2D eigenvalue weighted by atomic mass is 35.5. The first-order valence-corrected chi connectivity index (χ1v) is 5.56. The summed E-state index contributed by atoms with van der Waals surface area (Å²) in [5.41, 5.74) is 1.95. The summed E-state index contributed by atoms with van der Waals surface area (Å²) >= 11 is 5.71. The Hall–Kier alpha value is -1.45. The monoisotopic (exact) mass is 251 g/mol. The Morgan fingerprint density at radius 3 is 2.71 bits per heavy atom. The highest BCUT2D eigenvalue weighted by Crippen LogP contribution is 2.24. The Morgan fingerprint density at radius 2 is 2.06 bits per heavy atom. The maximum absolute atomic E-state index is 13.0. The molecule has 0 bridgehead atoms. The molecule has 1 aromatic heterocycles. The predicted octanol–water partition coefficient (Wildman–Crippen LogP) is 3.59. The second-order valence-corrected chi connectivity index (χ2v) is 4.16. The Balaban J connectivity index is 2.45. The van der Waals surface area contributed by atoms with Crippen molar-refractivity contribution in [1.29, 1.82) is 0 Å². The average molecular weight is 252 g/mol. The van der Waals surface area contributed by atoms with Crippen LogP contribution in [-0.2, 0) is 0 Å². The van der Waals surface area contributed by atoms with Crippen molar-refractivity contribution >= 4 is 11.6 Å². The van der Waals surface area contributed by atoms with Crippen LogP contribution in [0.2, 0.25) is 5.02 Å². The minimum atomic E-state index is -0.633. The van der Waals surface area contributed by atoms with E-state index in [2.05, 4.69) is 4.98 Å². The lowest BCUT2D eigenvalue weighted by atomic mass is 10.1. The summed E-state index contributed by atoms with van der Waals surface area (Å²) in [6, 6.07) is 9.74. The molecule has 0 aliphatic rings. The van der Waals surface area contributed by atoms with Crippen LogP contribution in [0.5, 0.6) is 0 Å². The van der Waals surface area contributed by atoms with Crippen LogP contribution >= 0.6 is 11.6 Å². The fourth-order valence-corrected chi connectivity index (χ4v) is 1.68. The normalized spacial score (nSPS) is 12.5. The van der Waals surface area contributed by atoms with Gasteiger partial charge in [-0.3, -0.25) is 4.98 Å². The van der Waals surface area contributed by atoms with Crippen LogP contribution in [0.3, 0.4) is 0 Å². The molecule has 1 atom stereocenters. The second kappa shape index (κ2) is 4.82. The minimum Gasteiger partial charge on any atom is -0.387 e. The number of rotatable bonds is 2. The summed E-state index contributed by atoms with van der Waals surface area (Å²) in [7, 11) is 0. The summed E-state index contributed by atoms with van der Waals surface area (Å²) in [6.45, 7) is 1.64. The fraction of sp³-hybridized carbons (Fsp3) is 0.154. The zero-order valence-electron chi connectivity index (χ0n) is 9.19. The van der Waals surface area contributed by atoms with Crippen LogP contribution in [0, 0.1) is 5.82 Å². The third kappa shape index (κ3) is 2.62. The van der Waals surface area contributed by atoms with Crippen LogP contribution < -0.4 is 0 Å². The molecule has 0 spiro atoms. The Kier molecular flexibility index (Phi) is 3.41. The van der Waals surface area contributed by atoms with E-state index in [1.165, 1.54) is 12.1 Å². The SMILES string of the molecule is C[C@@H](O)c1cccc(-c2ccc(F)c(Cl)c2)n1. The quantitative estimate of drug-likeness (QED) is 0.885. The van der Waals surface area contributed by atoms with E-state index >= 15 is 0 Å². The molecule has 0 aliphatic carbocycles. The maximum Gasteiger partial charge on any atom is 0.141 e. The van der Waals surface area contributed by atoms with E-state index < -0.39 is 11.9 Å². The van der Waals surface area contributed by atoms with Crippen molar-refractivity contribution in [3.8, 4) is 11.3 Å². The molecule has 1 aromatic carbocycles. The molecule has 0 aliphatic heterocycles. The molecular weight excluding hydrogens is 241 g/mol. The summed E-state index contributed by atoms with van der Waals surface area (Å²) in [4.78, 5) is 4.28. The van der Waals surface area contributed by atoms with Gasteiger partial charge in [-0.25, -0.2) is 4.39 Å². The van der Waals surface area contributed by atoms with Gasteiger partial charge in [0.05, 0.1) is 22.5 Å². The fourth-order valence-electron chi connectivity index (χ4n) is 1.50. The zero-order chi connectivity index (χ0) is 12.4. The van der Waals surface area contributed by atoms with Gasteiger partial charge in [0.25, 0.3) is 0 Å². The van der Waals surface area contributed by atoms with Gasteiger partial charge < -0.3 is 5.11 Å². The van der Waals surface area contributed by atoms with Crippen LogP contribution in [0.1, 0.15) is 18.7 Å². The molecule has 0 saturated carbocycles. The third-order valence-electron chi connectivity index (χ3n) is 2.41. The summed E-state index contributed by atoms with van der Waals surface area (Å²) in [5, 5.41) is 9.51. The molecule has 17 heavy (non-hydrogen) atoms. The van der Waals surface area contributed by atoms with Crippen LogP contribution in [-0.4, -0.2) is 10.1 Å². The van der Waals surface area contributed by atoms with E-state index in [4.69, 9.17) is 11.6 Å². The van der Waals surface area contributed by atoms with Crippen molar-refractivity contribution in [3.05, 3.63) is 52.9 Å². The number of nitrogens with zero attached hydrogens (tertiary/aromatic N) is 1. The van der Waals surface area contributed by atoms with Gasteiger partial charge >= 0.3 is 0 Å². The van der Waals surface area contributed by atoms with Crippen molar-refractivity contribution in [2.24, 2.45) is 0 Å². The summed E-state index contributed by atoms with van der Waals surface area (Å²) < 4.78 is 13.0. The molecule has 2 nitrogen and oxygen atoms in total. The van der Waals surface area contributed by atoms with Gasteiger partial charge in [-0.1, -0.05) is 17.7 Å². The summed E-state index contributed by atoms with van der Waals surface area (Å²) in [5.74, 6) is -0.456. The second-order valence-electron chi connectivity index (χ2n) is 3.75. The molecule has 2 rings (SSSR count). The number of aliphatic hydroxyl groups is 1. The van der Waals surface area contributed by atoms with Crippen LogP contribution in [0.4, 0.5) is 4.39 Å². The Bertz CT molecular complexity index is 543. The van der Waals surface area contributed by atoms with Gasteiger partial charge in [0.1, 0.15) is 5.82 Å². The van der Waals surface area contributed by atoms with Gasteiger partial charge in [0.2, 0.25) is 0 Å². The highest BCUT2D eigenvalue weighted by Gasteiger charge is 2.07. The van der Waals surface area contributed by atoms with E-state index in [-0.39, 0.29) is 5.02 Å². The minimum absolute atomic E-state index is 0.0618. The first kappa shape index (κ1) is 12.0. The topological polar surface area (TPSA) is 33.1 Å². The molecule has 0 radical (unpaired) electrons. The number of hydrogen-bond acceptors (Lipinski definition) is 2. The first-order valence-electron chi connectivity index (χ1n) is 5.18. The van der Waals surface area contributed by atoms with E-state index in [1.807, 2.05) is 0 Å². The molecule has 1 heterocycles. The Labute approximate surface area is 104 Å². The van der Waals surface area contributed by atoms with Crippen LogP contribution in [0.15, 0.2) is 36.4 Å². The number of pyridine rings is 1. The van der Waals surface area contributed by atoms with Gasteiger partial charge in [-0.05, 0) is 37.3 Å². The molecule has 0 unspecified atom stereocenters. The van der Waals surface area contributed by atoms with Crippen LogP contribution in [0.25, 0.3) is 11.3 Å². The summed E-state index contributed by atoms with van der Waals surface area (Å²) in [6.07, 6.45) is -0.633. The molecule has 88 valence electrons. The van der Waals surface area contributed by atoms with E-state index in [1.54, 1.807) is 31.2 Å². The lowest BCUT2D eigenvalue weighted by Gasteiger charge is -2.07. The number of aromatic nitrogens is 1. The number of aliphatic hydroxyl groups excluding tert-OH is 1. The van der Waals surface area contributed by atoms with Crippen molar-refractivity contribution < 1.29 is 9.50 Å². The number of benzene rings is 1. The maximum atomic E-state index is 13.0. The first-order chi connectivity index (χ1) is 8.08. The smallest absolute Gasteiger partial charge is 0.141 e. The molecule has 1 N–H and O–H groups in total. The zero-order valence-corrected chi connectivity index (χ0v) is 9.95. The molecule has 0 saturated heterocycles. The predicted molar refractivity (Wildman–Crippen MR) is 65.3 cm³/mol. The highest BCUT2D eigenvalue weighted by molar-refractivity contribution is 6.31. The van der Waals surface area contributed by atoms with Crippen molar-refractivity contribution in [2.45, 2.75) is 13.0 Å². The van der Waals surface area contributed by atoms with Crippen molar-refractivity contribution in [2.75, 3.05) is 0 Å². The average Bonchev–Trinajstić information content (AvgIpc) is 2.33.